The molecule has 1 saturated carbocycles. The first-order chi connectivity index (χ1) is 6.25. The van der Waals surface area contributed by atoms with E-state index in [2.05, 4.69) is 12.1 Å². The lowest BCUT2D eigenvalue weighted by molar-refractivity contribution is 0.325. The molecule has 0 aromatic carbocycles. The number of aromatic nitrogens is 1. The van der Waals surface area contributed by atoms with Crippen LogP contribution in [0.5, 0.6) is 0 Å². The summed E-state index contributed by atoms with van der Waals surface area (Å²) in [6.07, 6.45) is 5.11. The zero-order valence-electron chi connectivity index (χ0n) is 7.79. The van der Waals surface area contributed by atoms with Crippen molar-refractivity contribution in [1.82, 2.24) is 5.16 Å². The molecule has 2 nitrogen and oxygen atoms in total. The third kappa shape index (κ3) is 2.05. The number of hydrogen-bond acceptors (Lipinski definition) is 2. The highest BCUT2D eigenvalue weighted by Gasteiger charge is 2.22. The van der Waals surface area contributed by atoms with Gasteiger partial charge in [-0.25, -0.2) is 0 Å². The topological polar surface area (TPSA) is 26.0 Å². The third-order valence-corrected chi connectivity index (χ3v) is 3.03. The fourth-order valence-electron chi connectivity index (χ4n) is 2.16. The minimum absolute atomic E-state index is 0.410. The standard InChI is InChI=1S/C10H14ClNO/c1-7-3-2-4-8(5-7)9-6-10(11)13-12-9/h6-8H,2-5H2,1H3. The van der Waals surface area contributed by atoms with Gasteiger partial charge in [-0.2, -0.15) is 0 Å². The van der Waals surface area contributed by atoms with Crippen LogP contribution in [-0.2, 0) is 0 Å². The van der Waals surface area contributed by atoms with E-state index in [0.29, 0.717) is 11.1 Å². The van der Waals surface area contributed by atoms with Gasteiger partial charge in [-0.05, 0) is 30.4 Å². The maximum atomic E-state index is 5.69. The first-order valence-corrected chi connectivity index (χ1v) is 5.25. The number of rotatable bonds is 1. The average molecular weight is 200 g/mol. The number of halogens is 1. The summed E-state index contributed by atoms with van der Waals surface area (Å²) in [6.45, 7) is 2.30. The van der Waals surface area contributed by atoms with E-state index in [0.717, 1.165) is 11.6 Å². The molecule has 13 heavy (non-hydrogen) atoms. The highest BCUT2D eigenvalue weighted by atomic mass is 35.5. The van der Waals surface area contributed by atoms with E-state index in [-0.39, 0.29) is 0 Å². The van der Waals surface area contributed by atoms with Crippen molar-refractivity contribution < 1.29 is 4.52 Å². The molecule has 0 radical (unpaired) electrons. The van der Waals surface area contributed by atoms with Gasteiger partial charge < -0.3 is 4.52 Å². The Labute approximate surface area is 83.2 Å². The Kier molecular flexibility index (Phi) is 2.58. The Morgan fingerprint density at radius 1 is 1.54 bits per heavy atom. The summed E-state index contributed by atoms with van der Waals surface area (Å²) < 4.78 is 4.87. The van der Waals surface area contributed by atoms with E-state index in [9.17, 15) is 0 Å². The van der Waals surface area contributed by atoms with Gasteiger partial charge in [0.05, 0.1) is 5.69 Å². The maximum Gasteiger partial charge on any atom is 0.226 e. The highest BCUT2D eigenvalue weighted by molar-refractivity contribution is 6.28. The molecule has 0 saturated heterocycles. The van der Waals surface area contributed by atoms with E-state index in [1.165, 1.54) is 25.7 Å². The van der Waals surface area contributed by atoms with Gasteiger partial charge in [0.1, 0.15) is 0 Å². The molecule has 1 aromatic heterocycles. The molecule has 2 rings (SSSR count). The molecule has 0 amide bonds. The Bertz CT molecular complexity index is 284. The van der Waals surface area contributed by atoms with Crippen molar-refractivity contribution in [3.05, 3.63) is 17.0 Å². The molecule has 72 valence electrons. The monoisotopic (exact) mass is 199 g/mol. The minimum Gasteiger partial charge on any atom is -0.344 e. The van der Waals surface area contributed by atoms with Crippen LogP contribution in [0.1, 0.15) is 44.2 Å². The van der Waals surface area contributed by atoms with Crippen LogP contribution in [-0.4, -0.2) is 5.16 Å². The van der Waals surface area contributed by atoms with Crippen LogP contribution in [0.3, 0.4) is 0 Å². The van der Waals surface area contributed by atoms with Gasteiger partial charge in [0.25, 0.3) is 0 Å². The molecule has 0 N–H and O–H groups in total. The predicted octanol–water partition coefficient (Wildman–Crippen LogP) is 3.62. The normalized spacial score (nSPS) is 29.1. The van der Waals surface area contributed by atoms with E-state index in [4.69, 9.17) is 16.1 Å². The van der Waals surface area contributed by atoms with Gasteiger partial charge in [-0.3, -0.25) is 0 Å². The van der Waals surface area contributed by atoms with Crippen LogP contribution in [0, 0.1) is 5.92 Å². The summed E-state index contributed by atoms with van der Waals surface area (Å²) in [4.78, 5) is 0. The second-order valence-electron chi connectivity index (χ2n) is 4.02. The molecule has 0 aliphatic heterocycles. The van der Waals surface area contributed by atoms with Crippen LogP contribution >= 0.6 is 11.6 Å². The molecule has 1 aliphatic carbocycles. The molecule has 3 heteroatoms. The molecular weight excluding hydrogens is 186 g/mol. The van der Waals surface area contributed by atoms with Gasteiger partial charge in [-0.15, -0.1) is 0 Å². The van der Waals surface area contributed by atoms with Gasteiger partial charge in [0.2, 0.25) is 5.22 Å². The molecule has 2 atom stereocenters. The average Bonchev–Trinajstić information content (AvgIpc) is 2.52. The van der Waals surface area contributed by atoms with Crippen molar-refractivity contribution in [2.24, 2.45) is 5.92 Å². The molecule has 0 spiro atoms. The fourth-order valence-corrected chi connectivity index (χ4v) is 2.31. The predicted molar refractivity (Wildman–Crippen MR) is 51.9 cm³/mol. The molecule has 1 fully saturated rings. The molecule has 1 heterocycles. The highest BCUT2D eigenvalue weighted by Crippen LogP contribution is 2.35. The van der Waals surface area contributed by atoms with Crippen molar-refractivity contribution in [2.75, 3.05) is 0 Å². The quantitative estimate of drug-likeness (QED) is 0.691. The minimum atomic E-state index is 0.410. The van der Waals surface area contributed by atoms with Crippen LogP contribution in [0.25, 0.3) is 0 Å². The Balaban J connectivity index is 2.08. The lowest BCUT2D eigenvalue weighted by Crippen LogP contribution is -2.11. The Morgan fingerprint density at radius 3 is 3.00 bits per heavy atom. The summed E-state index contributed by atoms with van der Waals surface area (Å²) in [5.74, 6) is 1.38. The van der Waals surface area contributed by atoms with Crippen molar-refractivity contribution in [2.45, 2.75) is 38.5 Å². The maximum absolute atomic E-state index is 5.69. The van der Waals surface area contributed by atoms with Crippen molar-refractivity contribution >= 4 is 11.6 Å². The third-order valence-electron chi connectivity index (χ3n) is 2.85. The van der Waals surface area contributed by atoms with Crippen LogP contribution in [0.4, 0.5) is 0 Å². The van der Waals surface area contributed by atoms with Crippen LogP contribution in [0.15, 0.2) is 10.6 Å². The summed E-state index contributed by atoms with van der Waals surface area (Å²) in [7, 11) is 0. The van der Waals surface area contributed by atoms with Crippen molar-refractivity contribution in [3.8, 4) is 0 Å². The van der Waals surface area contributed by atoms with Crippen molar-refractivity contribution in [1.29, 1.82) is 0 Å². The molecular formula is C10H14ClNO. The largest absolute Gasteiger partial charge is 0.344 e. The van der Waals surface area contributed by atoms with E-state index < -0.39 is 0 Å². The van der Waals surface area contributed by atoms with E-state index >= 15 is 0 Å². The Hall–Kier alpha value is -0.500. The van der Waals surface area contributed by atoms with Gasteiger partial charge in [0, 0.05) is 12.0 Å². The molecule has 0 bridgehead atoms. The summed E-state index contributed by atoms with van der Waals surface area (Å²) in [5, 5.41) is 4.38. The summed E-state index contributed by atoms with van der Waals surface area (Å²) in [6, 6.07) is 1.85. The zero-order valence-corrected chi connectivity index (χ0v) is 8.55. The number of hydrogen-bond donors (Lipinski definition) is 0. The smallest absolute Gasteiger partial charge is 0.226 e. The SMILES string of the molecule is CC1CCCC(c2cc(Cl)on2)C1. The van der Waals surface area contributed by atoms with Gasteiger partial charge in [0.15, 0.2) is 0 Å². The van der Waals surface area contributed by atoms with Gasteiger partial charge in [-0.1, -0.05) is 24.9 Å². The fraction of sp³-hybridized carbons (Fsp3) is 0.700. The molecule has 1 aromatic rings. The lowest BCUT2D eigenvalue weighted by Gasteiger charge is -2.24. The second kappa shape index (κ2) is 3.70. The second-order valence-corrected chi connectivity index (χ2v) is 4.40. The lowest BCUT2D eigenvalue weighted by atomic mass is 9.81. The first-order valence-electron chi connectivity index (χ1n) is 4.88. The number of nitrogens with zero attached hydrogens (tertiary/aromatic N) is 1. The zero-order chi connectivity index (χ0) is 9.26. The Morgan fingerprint density at radius 2 is 2.38 bits per heavy atom. The summed E-state index contributed by atoms with van der Waals surface area (Å²) >= 11 is 5.69. The van der Waals surface area contributed by atoms with E-state index in [1.807, 2.05) is 6.07 Å². The first kappa shape index (κ1) is 9.07. The summed E-state index contributed by atoms with van der Waals surface area (Å²) in [5.41, 5.74) is 1.04. The molecule has 1 aliphatic rings. The van der Waals surface area contributed by atoms with Crippen LogP contribution < -0.4 is 0 Å². The van der Waals surface area contributed by atoms with Crippen LogP contribution in [0.2, 0.25) is 5.22 Å². The van der Waals surface area contributed by atoms with Gasteiger partial charge >= 0.3 is 0 Å². The van der Waals surface area contributed by atoms with Crippen molar-refractivity contribution in [3.63, 3.8) is 0 Å². The van der Waals surface area contributed by atoms with E-state index in [1.54, 1.807) is 0 Å². The molecule has 2 unspecified atom stereocenters.